The van der Waals surface area contributed by atoms with Crippen LogP contribution >= 0.6 is 11.6 Å². The highest BCUT2D eigenvalue weighted by molar-refractivity contribution is 6.34. The Morgan fingerprint density at radius 1 is 1.28 bits per heavy atom. The van der Waals surface area contributed by atoms with Gasteiger partial charge in [-0.15, -0.1) is 0 Å². The number of rotatable bonds is 3. The molecule has 134 valence electrons. The van der Waals surface area contributed by atoms with Gasteiger partial charge in [-0.3, -0.25) is 4.79 Å². The molecule has 2 heterocycles. The molecule has 1 aromatic rings. The summed E-state index contributed by atoms with van der Waals surface area (Å²) in [6, 6.07) is 7.48. The lowest BCUT2D eigenvalue weighted by atomic mass is 9.82. The van der Waals surface area contributed by atoms with Gasteiger partial charge in [0.25, 0.3) is 5.91 Å². The fraction of sp³-hybridized carbons (Fsp3) is 0.474. The minimum atomic E-state index is -0.822. The van der Waals surface area contributed by atoms with Crippen molar-refractivity contribution in [2.75, 3.05) is 18.4 Å². The van der Waals surface area contributed by atoms with Crippen LogP contribution in [-0.4, -0.2) is 41.5 Å². The summed E-state index contributed by atoms with van der Waals surface area (Å²) < 4.78 is 5.70. The first-order valence-corrected chi connectivity index (χ1v) is 8.96. The Bertz CT molecular complexity index is 734. The van der Waals surface area contributed by atoms with Crippen molar-refractivity contribution in [3.8, 4) is 0 Å². The van der Waals surface area contributed by atoms with Gasteiger partial charge in [0.1, 0.15) is 5.60 Å². The first-order valence-electron chi connectivity index (χ1n) is 8.59. The molecular formula is C19H23ClN2O3. The molecule has 5 nitrogen and oxygen atoms in total. The molecule has 6 heteroatoms. The summed E-state index contributed by atoms with van der Waals surface area (Å²) in [5, 5.41) is 3.30. The molecule has 1 saturated heterocycles. The summed E-state index contributed by atoms with van der Waals surface area (Å²) in [6.07, 6.45) is 1.25. The van der Waals surface area contributed by atoms with Crippen LogP contribution in [-0.2, 0) is 14.3 Å². The van der Waals surface area contributed by atoms with Crippen molar-refractivity contribution in [1.29, 1.82) is 0 Å². The van der Waals surface area contributed by atoms with E-state index in [0.29, 0.717) is 40.7 Å². The first kappa shape index (κ1) is 18.0. The molecule has 1 N–H and O–H groups in total. The van der Waals surface area contributed by atoms with Gasteiger partial charge in [0.15, 0.2) is 0 Å². The number of ether oxygens (including phenoxy) is 1. The zero-order valence-corrected chi connectivity index (χ0v) is 15.5. The summed E-state index contributed by atoms with van der Waals surface area (Å²) in [5.74, 6) is -0.711. The van der Waals surface area contributed by atoms with Gasteiger partial charge in [0.05, 0.1) is 16.3 Å². The van der Waals surface area contributed by atoms with Crippen molar-refractivity contribution in [3.05, 3.63) is 40.4 Å². The number of amides is 1. The van der Waals surface area contributed by atoms with E-state index in [-0.39, 0.29) is 5.91 Å². The van der Waals surface area contributed by atoms with Crippen LogP contribution in [0.1, 0.15) is 33.6 Å². The number of likely N-dealkylation sites (tertiary alicyclic amines) is 1. The molecule has 0 saturated carbocycles. The topological polar surface area (TPSA) is 58.6 Å². The van der Waals surface area contributed by atoms with Gasteiger partial charge < -0.3 is 15.0 Å². The van der Waals surface area contributed by atoms with Gasteiger partial charge in [-0.2, -0.15) is 0 Å². The second-order valence-corrected chi connectivity index (χ2v) is 7.35. The molecule has 2 aliphatic rings. The molecule has 0 unspecified atom stereocenters. The maximum absolute atomic E-state index is 12.9. The number of nitrogens with zero attached hydrogens (tertiary/aromatic N) is 1. The van der Waals surface area contributed by atoms with Crippen molar-refractivity contribution < 1.29 is 14.3 Å². The fourth-order valence-electron chi connectivity index (χ4n) is 3.63. The lowest BCUT2D eigenvalue weighted by Crippen LogP contribution is -2.49. The van der Waals surface area contributed by atoms with Crippen LogP contribution in [0.25, 0.3) is 0 Å². The third-order valence-corrected chi connectivity index (χ3v) is 5.44. The highest BCUT2D eigenvalue weighted by Crippen LogP contribution is 2.42. The SMILES string of the molecule is CC1=C(C(=O)Nc2ccccc2Cl)C2(CCN(C(C)C)CC2)OC1=O. The van der Waals surface area contributed by atoms with E-state index in [1.54, 1.807) is 31.2 Å². The number of piperidine rings is 1. The first-order chi connectivity index (χ1) is 11.8. The summed E-state index contributed by atoms with van der Waals surface area (Å²) in [6.45, 7) is 7.53. The van der Waals surface area contributed by atoms with Gasteiger partial charge in [-0.1, -0.05) is 23.7 Å². The Morgan fingerprint density at radius 2 is 1.92 bits per heavy atom. The third kappa shape index (κ3) is 3.31. The summed E-state index contributed by atoms with van der Waals surface area (Å²) in [5.41, 5.74) is 0.546. The number of nitrogens with one attached hydrogen (secondary N) is 1. The quantitative estimate of drug-likeness (QED) is 0.837. The Balaban J connectivity index is 1.86. The average molecular weight is 363 g/mol. The van der Waals surface area contributed by atoms with E-state index < -0.39 is 11.6 Å². The highest BCUT2D eigenvalue weighted by Gasteiger charge is 2.50. The number of para-hydroxylation sites is 1. The van der Waals surface area contributed by atoms with Crippen LogP contribution in [0.4, 0.5) is 5.69 Å². The van der Waals surface area contributed by atoms with E-state index in [9.17, 15) is 9.59 Å². The molecule has 0 atom stereocenters. The van der Waals surface area contributed by atoms with Crippen molar-refractivity contribution in [1.82, 2.24) is 4.90 Å². The van der Waals surface area contributed by atoms with Gasteiger partial charge >= 0.3 is 5.97 Å². The number of benzene rings is 1. The Morgan fingerprint density at radius 3 is 2.52 bits per heavy atom. The molecule has 0 bridgehead atoms. The van der Waals surface area contributed by atoms with Gasteiger partial charge in [0.2, 0.25) is 0 Å². The van der Waals surface area contributed by atoms with Gasteiger partial charge in [-0.05, 0) is 32.9 Å². The molecule has 0 aromatic heterocycles. The molecule has 2 aliphatic heterocycles. The molecule has 1 spiro atoms. The van der Waals surface area contributed by atoms with Crippen molar-refractivity contribution in [2.24, 2.45) is 0 Å². The summed E-state index contributed by atoms with van der Waals surface area (Å²) in [4.78, 5) is 27.5. The number of carbonyl (C=O) groups excluding carboxylic acids is 2. The number of hydrogen-bond donors (Lipinski definition) is 1. The van der Waals surface area contributed by atoms with E-state index in [0.717, 1.165) is 13.1 Å². The normalized spacial score (nSPS) is 20.3. The molecule has 1 fully saturated rings. The Kier molecular flexibility index (Phi) is 4.89. The molecule has 0 aliphatic carbocycles. The van der Waals surface area contributed by atoms with Crippen LogP contribution in [0.5, 0.6) is 0 Å². The van der Waals surface area contributed by atoms with Gasteiger partial charge in [0, 0.05) is 37.5 Å². The Labute approximate surface area is 153 Å². The molecule has 1 amide bonds. The molecule has 3 rings (SSSR count). The van der Waals surface area contributed by atoms with E-state index in [2.05, 4.69) is 24.1 Å². The standard InChI is InChI=1S/C19H23ClN2O3/c1-12(2)22-10-8-19(9-11-22)16(13(3)18(24)25-19)17(23)21-15-7-5-4-6-14(15)20/h4-7,12H,8-11H2,1-3H3,(H,21,23). The molecule has 25 heavy (non-hydrogen) atoms. The predicted molar refractivity (Wildman–Crippen MR) is 97.5 cm³/mol. The average Bonchev–Trinajstić information content (AvgIpc) is 2.80. The smallest absolute Gasteiger partial charge is 0.335 e. The number of anilines is 1. The number of hydrogen-bond acceptors (Lipinski definition) is 4. The third-order valence-electron chi connectivity index (χ3n) is 5.11. The van der Waals surface area contributed by atoms with E-state index in [1.807, 2.05) is 0 Å². The summed E-state index contributed by atoms with van der Waals surface area (Å²) in [7, 11) is 0. The van der Waals surface area contributed by atoms with Crippen LogP contribution in [0, 0.1) is 0 Å². The van der Waals surface area contributed by atoms with Crippen molar-refractivity contribution in [2.45, 2.75) is 45.3 Å². The lowest BCUT2D eigenvalue weighted by molar-refractivity contribution is -0.151. The molecular weight excluding hydrogens is 340 g/mol. The monoisotopic (exact) mass is 362 g/mol. The maximum atomic E-state index is 12.9. The summed E-state index contributed by atoms with van der Waals surface area (Å²) >= 11 is 6.14. The zero-order chi connectivity index (χ0) is 18.2. The van der Waals surface area contributed by atoms with E-state index in [1.165, 1.54) is 0 Å². The number of halogens is 1. The largest absolute Gasteiger partial charge is 0.450 e. The maximum Gasteiger partial charge on any atom is 0.335 e. The van der Waals surface area contributed by atoms with Gasteiger partial charge in [-0.25, -0.2) is 4.79 Å². The fourth-order valence-corrected chi connectivity index (χ4v) is 3.81. The minimum absolute atomic E-state index is 0.311. The number of carbonyl (C=O) groups is 2. The van der Waals surface area contributed by atoms with E-state index >= 15 is 0 Å². The molecule has 0 radical (unpaired) electrons. The van der Waals surface area contributed by atoms with Crippen LogP contribution in [0.3, 0.4) is 0 Å². The van der Waals surface area contributed by atoms with Crippen molar-refractivity contribution in [3.63, 3.8) is 0 Å². The van der Waals surface area contributed by atoms with Crippen molar-refractivity contribution >= 4 is 29.2 Å². The van der Waals surface area contributed by atoms with E-state index in [4.69, 9.17) is 16.3 Å². The predicted octanol–water partition coefficient (Wildman–Crippen LogP) is 3.39. The highest BCUT2D eigenvalue weighted by atomic mass is 35.5. The van der Waals surface area contributed by atoms with Crippen LogP contribution in [0.15, 0.2) is 35.4 Å². The van der Waals surface area contributed by atoms with Crippen LogP contribution in [0.2, 0.25) is 5.02 Å². The Hall–Kier alpha value is -1.85. The second-order valence-electron chi connectivity index (χ2n) is 6.95. The molecule has 1 aromatic carbocycles. The van der Waals surface area contributed by atoms with Crippen LogP contribution < -0.4 is 5.32 Å². The number of esters is 1. The second kappa shape index (κ2) is 6.81. The lowest BCUT2D eigenvalue weighted by Gasteiger charge is -2.40. The minimum Gasteiger partial charge on any atom is -0.450 e. The zero-order valence-electron chi connectivity index (χ0n) is 14.8.